The number of halogens is 1. The molecule has 1 aromatic heterocycles. The number of terminal acetylenes is 1. The van der Waals surface area contributed by atoms with Crippen molar-refractivity contribution in [3.63, 3.8) is 0 Å². The fourth-order valence-corrected chi connectivity index (χ4v) is 2.13. The summed E-state index contributed by atoms with van der Waals surface area (Å²) in [7, 11) is 0. The number of benzene rings is 2. The fourth-order valence-electron chi connectivity index (χ4n) is 2.13. The van der Waals surface area contributed by atoms with Crippen LogP contribution in [-0.4, -0.2) is 16.7 Å². The van der Waals surface area contributed by atoms with Crippen molar-refractivity contribution in [1.82, 2.24) is 15.5 Å². The molecular weight excluding hydrogens is 269 g/mol. The molecule has 0 aliphatic rings. The van der Waals surface area contributed by atoms with Crippen LogP contribution in [0.4, 0.5) is 4.39 Å². The summed E-state index contributed by atoms with van der Waals surface area (Å²) in [6.07, 6.45) is 5.15. The van der Waals surface area contributed by atoms with E-state index in [1.54, 1.807) is 18.2 Å². The lowest BCUT2D eigenvalue weighted by Gasteiger charge is -2.03. The van der Waals surface area contributed by atoms with E-state index in [4.69, 9.17) is 10.9 Å². The molecule has 0 saturated heterocycles. The Bertz CT molecular complexity index is 820. The van der Waals surface area contributed by atoms with Gasteiger partial charge >= 0.3 is 0 Å². The molecule has 0 radical (unpaired) electrons. The van der Waals surface area contributed by atoms with Gasteiger partial charge in [-0.15, -0.1) is 6.42 Å². The SMILES string of the molecule is C#CCNCc1nc(-c2ccc(F)c3ccccc23)no1. The first-order valence-corrected chi connectivity index (χ1v) is 6.44. The molecule has 0 aliphatic carbocycles. The van der Waals surface area contributed by atoms with Crippen LogP contribution in [0, 0.1) is 18.2 Å². The van der Waals surface area contributed by atoms with Gasteiger partial charge in [0, 0.05) is 10.9 Å². The van der Waals surface area contributed by atoms with Gasteiger partial charge < -0.3 is 4.52 Å². The van der Waals surface area contributed by atoms with Crippen LogP contribution in [-0.2, 0) is 6.54 Å². The largest absolute Gasteiger partial charge is 0.338 e. The summed E-state index contributed by atoms with van der Waals surface area (Å²) >= 11 is 0. The van der Waals surface area contributed by atoms with Crippen molar-refractivity contribution >= 4 is 10.8 Å². The van der Waals surface area contributed by atoms with Crippen molar-refractivity contribution in [1.29, 1.82) is 0 Å². The van der Waals surface area contributed by atoms with E-state index < -0.39 is 0 Å². The van der Waals surface area contributed by atoms with Crippen molar-refractivity contribution < 1.29 is 8.91 Å². The molecule has 0 saturated carbocycles. The monoisotopic (exact) mass is 281 g/mol. The van der Waals surface area contributed by atoms with Crippen LogP contribution >= 0.6 is 0 Å². The number of hydrogen-bond acceptors (Lipinski definition) is 4. The summed E-state index contributed by atoms with van der Waals surface area (Å²) in [5.41, 5.74) is 0.735. The number of nitrogens with one attached hydrogen (secondary N) is 1. The highest BCUT2D eigenvalue weighted by atomic mass is 19.1. The lowest BCUT2D eigenvalue weighted by molar-refractivity contribution is 0.371. The Balaban J connectivity index is 1.98. The van der Waals surface area contributed by atoms with Gasteiger partial charge in [0.1, 0.15) is 5.82 Å². The Hall–Kier alpha value is -2.71. The summed E-state index contributed by atoms with van der Waals surface area (Å²) in [4.78, 5) is 4.30. The third-order valence-electron chi connectivity index (χ3n) is 3.08. The molecule has 4 nitrogen and oxygen atoms in total. The third kappa shape index (κ3) is 2.62. The van der Waals surface area contributed by atoms with Crippen molar-refractivity contribution in [3.05, 3.63) is 48.1 Å². The lowest BCUT2D eigenvalue weighted by atomic mass is 10.0. The minimum absolute atomic E-state index is 0.270. The molecule has 21 heavy (non-hydrogen) atoms. The molecule has 0 amide bonds. The van der Waals surface area contributed by atoms with E-state index in [9.17, 15) is 4.39 Å². The van der Waals surface area contributed by atoms with Gasteiger partial charge in [0.15, 0.2) is 0 Å². The summed E-state index contributed by atoms with van der Waals surface area (Å²) in [5.74, 6) is 3.07. The average Bonchev–Trinajstić information content (AvgIpc) is 2.97. The molecule has 3 aromatic rings. The first kappa shape index (κ1) is 13.3. The Labute approximate surface area is 121 Å². The van der Waals surface area contributed by atoms with Crippen molar-refractivity contribution in [3.8, 4) is 23.7 Å². The molecule has 0 spiro atoms. The van der Waals surface area contributed by atoms with Crippen LogP contribution in [0.15, 0.2) is 40.9 Å². The summed E-state index contributed by atoms with van der Waals surface area (Å²) in [5, 5.41) is 8.20. The van der Waals surface area contributed by atoms with E-state index in [1.165, 1.54) is 6.07 Å². The first-order chi connectivity index (χ1) is 10.3. The number of nitrogens with zero attached hydrogens (tertiary/aromatic N) is 2. The molecule has 0 unspecified atom stereocenters. The van der Waals surface area contributed by atoms with Gasteiger partial charge in [0.2, 0.25) is 11.7 Å². The summed E-state index contributed by atoms with van der Waals surface area (Å²) in [6.45, 7) is 0.827. The van der Waals surface area contributed by atoms with Crippen molar-refractivity contribution in [2.45, 2.75) is 6.54 Å². The first-order valence-electron chi connectivity index (χ1n) is 6.44. The van der Waals surface area contributed by atoms with Gasteiger partial charge in [-0.2, -0.15) is 4.98 Å². The molecule has 1 heterocycles. The highest BCUT2D eigenvalue weighted by Gasteiger charge is 2.13. The molecule has 2 aromatic carbocycles. The molecule has 0 fully saturated rings. The fraction of sp³-hybridized carbons (Fsp3) is 0.125. The number of rotatable bonds is 4. The maximum Gasteiger partial charge on any atom is 0.240 e. The second-order valence-corrected chi connectivity index (χ2v) is 4.46. The summed E-state index contributed by atoms with van der Waals surface area (Å²) < 4.78 is 19.0. The van der Waals surface area contributed by atoms with Crippen LogP contribution in [0.5, 0.6) is 0 Å². The minimum Gasteiger partial charge on any atom is -0.338 e. The maximum absolute atomic E-state index is 13.8. The van der Waals surface area contributed by atoms with E-state index in [2.05, 4.69) is 21.4 Å². The normalized spacial score (nSPS) is 10.7. The molecule has 0 bridgehead atoms. The van der Waals surface area contributed by atoms with Gasteiger partial charge in [-0.3, -0.25) is 5.32 Å². The smallest absolute Gasteiger partial charge is 0.240 e. The molecular formula is C16H12FN3O. The Kier molecular flexibility index (Phi) is 3.63. The van der Waals surface area contributed by atoms with E-state index in [-0.39, 0.29) is 5.82 Å². The molecule has 0 atom stereocenters. The average molecular weight is 281 g/mol. The van der Waals surface area contributed by atoms with Crippen molar-refractivity contribution in [2.24, 2.45) is 0 Å². The van der Waals surface area contributed by atoms with E-state index in [1.807, 2.05) is 12.1 Å². The number of hydrogen-bond donors (Lipinski definition) is 1. The topological polar surface area (TPSA) is 51.0 Å². The van der Waals surface area contributed by atoms with Gasteiger partial charge in [-0.25, -0.2) is 4.39 Å². The van der Waals surface area contributed by atoms with Crippen LogP contribution in [0.25, 0.3) is 22.2 Å². The summed E-state index contributed by atoms with van der Waals surface area (Å²) in [6, 6.07) is 10.3. The predicted molar refractivity (Wildman–Crippen MR) is 77.7 cm³/mol. The van der Waals surface area contributed by atoms with Gasteiger partial charge in [-0.1, -0.05) is 35.3 Å². The molecule has 104 valence electrons. The predicted octanol–water partition coefficient (Wildman–Crippen LogP) is 2.75. The highest BCUT2D eigenvalue weighted by molar-refractivity contribution is 5.95. The van der Waals surface area contributed by atoms with Crippen LogP contribution in [0.3, 0.4) is 0 Å². The van der Waals surface area contributed by atoms with Crippen molar-refractivity contribution in [2.75, 3.05) is 6.54 Å². The zero-order chi connectivity index (χ0) is 14.7. The highest BCUT2D eigenvalue weighted by Crippen LogP contribution is 2.28. The van der Waals surface area contributed by atoms with Gasteiger partial charge in [0.25, 0.3) is 0 Å². The maximum atomic E-state index is 13.8. The van der Waals surface area contributed by atoms with E-state index in [0.29, 0.717) is 30.2 Å². The third-order valence-corrected chi connectivity index (χ3v) is 3.08. The van der Waals surface area contributed by atoms with Gasteiger partial charge in [-0.05, 0) is 17.5 Å². The lowest BCUT2D eigenvalue weighted by Crippen LogP contribution is -2.13. The Morgan fingerprint density at radius 2 is 2.00 bits per heavy atom. The molecule has 0 aliphatic heterocycles. The molecule has 1 N–H and O–H groups in total. The second-order valence-electron chi connectivity index (χ2n) is 4.46. The number of aromatic nitrogens is 2. The standard InChI is InChI=1S/C16H12FN3O/c1-2-9-18-10-15-19-16(20-21-15)13-7-8-14(17)12-6-4-3-5-11(12)13/h1,3-8,18H,9-10H2. The quantitative estimate of drug-likeness (QED) is 0.590. The van der Waals surface area contributed by atoms with Crippen LogP contribution < -0.4 is 5.32 Å². The minimum atomic E-state index is -0.270. The van der Waals surface area contributed by atoms with E-state index >= 15 is 0 Å². The molecule has 5 heteroatoms. The Morgan fingerprint density at radius 1 is 1.19 bits per heavy atom. The van der Waals surface area contributed by atoms with Gasteiger partial charge in [0.05, 0.1) is 13.1 Å². The van der Waals surface area contributed by atoms with Crippen LogP contribution in [0.2, 0.25) is 0 Å². The van der Waals surface area contributed by atoms with E-state index in [0.717, 1.165) is 10.9 Å². The molecule has 3 rings (SSSR count). The zero-order valence-electron chi connectivity index (χ0n) is 11.1. The number of fused-ring (bicyclic) bond motifs is 1. The zero-order valence-corrected chi connectivity index (χ0v) is 11.1. The second kappa shape index (κ2) is 5.73. The Morgan fingerprint density at radius 3 is 2.81 bits per heavy atom. The van der Waals surface area contributed by atoms with Crippen LogP contribution in [0.1, 0.15) is 5.89 Å².